The Balaban J connectivity index is 1.84. The van der Waals surface area contributed by atoms with Crippen LogP contribution < -0.4 is 5.32 Å². The van der Waals surface area contributed by atoms with E-state index in [0.29, 0.717) is 25.1 Å². The van der Waals surface area contributed by atoms with Crippen molar-refractivity contribution in [3.63, 3.8) is 0 Å². The summed E-state index contributed by atoms with van der Waals surface area (Å²) >= 11 is 0. The molecule has 0 spiro atoms. The molecule has 1 aromatic carbocycles. The Bertz CT molecular complexity index is 410. The smallest absolute Gasteiger partial charge is 0.332 e. The predicted octanol–water partition coefficient (Wildman–Crippen LogP) is 1.87. The van der Waals surface area contributed by atoms with Crippen molar-refractivity contribution >= 4 is 11.7 Å². The van der Waals surface area contributed by atoms with Gasteiger partial charge in [0, 0.05) is 6.54 Å². The number of rotatable bonds is 4. The quantitative estimate of drug-likeness (QED) is 0.842. The lowest BCUT2D eigenvalue weighted by Crippen LogP contribution is -2.24. The summed E-state index contributed by atoms with van der Waals surface area (Å²) in [6.07, 6.45) is 0.301. The van der Waals surface area contributed by atoms with Crippen LogP contribution in [0.3, 0.4) is 0 Å². The lowest BCUT2D eigenvalue weighted by molar-refractivity contribution is -0.149. The van der Waals surface area contributed by atoms with Crippen LogP contribution in [0.4, 0.5) is 10.1 Å². The Kier molecular flexibility index (Phi) is 3.58. The van der Waals surface area contributed by atoms with Crippen molar-refractivity contribution in [2.45, 2.75) is 25.0 Å². The summed E-state index contributed by atoms with van der Waals surface area (Å²) in [5.74, 6) is -1.25. The number of hydrogen-bond donors (Lipinski definition) is 2. The van der Waals surface area contributed by atoms with Crippen LogP contribution in [0.2, 0.25) is 0 Å². The summed E-state index contributed by atoms with van der Waals surface area (Å²) < 4.78 is 18.6. The van der Waals surface area contributed by atoms with Crippen LogP contribution in [0.1, 0.15) is 12.8 Å². The number of nitrogens with one attached hydrogen (secondary N) is 1. The number of carboxylic acid groups (broad SMARTS) is 1. The minimum absolute atomic E-state index is 0.171. The Labute approximate surface area is 98.4 Å². The van der Waals surface area contributed by atoms with Crippen LogP contribution in [0, 0.1) is 5.82 Å². The van der Waals surface area contributed by atoms with E-state index in [0.717, 1.165) is 0 Å². The van der Waals surface area contributed by atoms with E-state index in [1.54, 1.807) is 18.2 Å². The number of halogens is 1. The Morgan fingerprint density at radius 1 is 1.47 bits per heavy atom. The molecule has 0 aromatic heterocycles. The zero-order chi connectivity index (χ0) is 12.3. The minimum atomic E-state index is -0.932. The second-order valence-corrected chi connectivity index (χ2v) is 4.02. The topological polar surface area (TPSA) is 58.6 Å². The standard InChI is InChI=1S/C12H14FNO3/c13-9-3-1-2-4-10(9)14-7-8-5-6-11(17-8)12(15)16/h1-4,8,11,14H,5-7H2,(H,15,16). The Morgan fingerprint density at radius 2 is 2.24 bits per heavy atom. The molecule has 4 nitrogen and oxygen atoms in total. The number of anilines is 1. The van der Waals surface area contributed by atoms with Gasteiger partial charge < -0.3 is 15.2 Å². The maximum Gasteiger partial charge on any atom is 0.332 e. The predicted molar refractivity (Wildman–Crippen MR) is 60.4 cm³/mol. The van der Waals surface area contributed by atoms with Gasteiger partial charge >= 0.3 is 5.97 Å². The van der Waals surface area contributed by atoms with E-state index in [4.69, 9.17) is 9.84 Å². The molecular formula is C12H14FNO3. The van der Waals surface area contributed by atoms with Crippen molar-refractivity contribution in [1.29, 1.82) is 0 Å². The van der Waals surface area contributed by atoms with E-state index in [-0.39, 0.29) is 11.9 Å². The molecule has 17 heavy (non-hydrogen) atoms. The van der Waals surface area contributed by atoms with Crippen molar-refractivity contribution in [2.24, 2.45) is 0 Å². The molecule has 2 atom stereocenters. The van der Waals surface area contributed by atoms with E-state index >= 15 is 0 Å². The average molecular weight is 239 g/mol. The van der Waals surface area contributed by atoms with Crippen molar-refractivity contribution in [2.75, 3.05) is 11.9 Å². The fourth-order valence-electron chi connectivity index (χ4n) is 1.87. The minimum Gasteiger partial charge on any atom is -0.479 e. The number of ether oxygens (including phenoxy) is 1. The van der Waals surface area contributed by atoms with Gasteiger partial charge in [-0.05, 0) is 25.0 Å². The van der Waals surface area contributed by atoms with E-state index in [9.17, 15) is 9.18 Å². The molecule has 1 heterocycles. The molecule has 0 saturated carbocycles. The molecule has 0 bridgehead atoms. The maximum absolute atomic E-state index is 13.3. The van der Waals surface area contributed by atoms with Crippen LogP contribution in [-0.4, -0.2) is 29.8 Å². The maximum atomic E-state index is 13.3. The summed E-state index contributed by atoms with van der Waals surface area (Å²) in [4.78, 5) is 10.7. The molecule has 1 saturated heterocycles. The largest absolute Gasteiger partial charge is 0.479 e. The Hall–Kier alpha value is -1.62. The number of carboxylic acids is 1. The van der Waals surface area contributed by atoms with Crippen LogP contribution in [0.25, 0.3) is 0 Å². The highest BCUT2D eigenvalue weighted by Gasteiger charge is 2.30. The molecule has 92 valence electrons. The zero-order valence-electron chi connectivity index (χ0n) is 9.23. The van der Waals surface area contributed by atoms with Crippen molar-refractivity contribution in [3.05, 3.63) is 30.1 Å². The molecule has 1 fully saturated rings. The summed E-state index contributed by atoms with van der Waals surface area (Å²) in [5.41, 5.74) is 0.412. The summed E-state index contributed by atoms with van der Waals surface area (Å²) in [6, 6.07) is 6.37. The third kappa shape index (κ3) is 2.94. The molecule has 1 aromatic rings. The third-order valence-corrected chi connectivity index (χ3v) is 2.78. The molecule has 1 aliphatic rings. The molecular weight excluding hydrogens is 225 g/mol. The molecule has 2 rings (SSSR count). The van der Waals surface area contributed by atoms with Gasteiger partial charge in [0.15, 0.2) is 6.10 Å². The number of hydrogen-bond acceptors (Lipinski definition) is 3. The van der Waals surface area contributed by atoms with E-state index in [1.807, 2.05) is 0 Å². The van der Waals surface area contributed by atoms with Gasteiger partial charge in [0.05, 0.1) is 11.8 Å². The lowest BCUT2D eigenvalue weighted by Gasteiger charge is -2.13. The number of aliphatic carboxylic acids is 1. The second-order valence-electron chi connectivity index (χ2n) is 4.02. The van der Waals surface area contributed by atoms with Gasteiger partial charge in [-0.2, -0.15) is 0 Å². The van der Waals surface area contributed by atoms with E-state index in [1.165, 1.54) is 6.07 Å². The highest BCUT2D eigenvalue weighted by atomic mass is 19.1. The third-order valence-electron chi connectivity index (χ3n) is 2.78. The fraction of sp³-hybridized carbons (Fsp3) is 0.417. The van der Waals surface area contributed by atoms with E-state index < -0.39 is 12.1 Å². The molecule has 0 aliphatic carbocycles. The van der Waals surface area contributed by atoms with Gasteiger partial charge in [-0.15, -0.1) is 0 Å². The molecule has 0 radical (unpaired) electrons. The molecule has 2 N–H and O–H groups in total. The normalized spacial score (nSPS) is 23.6. The van der Waals surface area contributed by atoms with Crippen LogP contribution in [-0.2, 0) is 9.53 Å². The highest BCUT2D eigenvalue weighted by molar-refractivity contribution is 5.72. The van der Waals surface area contributed by atoms with Crippen LogP contribution in [0.5, 0.6) is 0 Å². The molecule has 0 amide bonds. The van der Waals surface area contributed by atoms with Crippen molar-refractivity contribution in [1.82, 2.24) is 0 Å². The number of para-hydroxylation sites is 1. The summed E-state index contributed by atoms with van der Waals surface area (Å²) in [6.45, 7) is 0.421. The molecule has 1 aliphatic heterocycles. The number of carbonyl (C=O) groups is 1. The summed E-state index contributed by atoms with van der Waals surface area (Å²) in [5, 5.41) is 11.7. The van der Waals surface area contributed by atoms with Gasteiger partial charge in [0.2, 0.25) is 0 Å². The van der Waals surface area contributed by atoms with Crippen molar-refractivity contribution in [3.8, 4) is 0 Å². The van der Waals surface area contributed by atoms with Gasteiger partial charge in [-0.3, -0.25) is 0 Å². The first-order valence-corrected chi connectivity index (χ1v) is 5.53. The monoisotopic (exact) mass is 239 g/mol. The first-order valence-electron chi connectivity index (χ1n) is 5.53. The fourth-order valence-corrected chi connectivity index (χ4v) is 1.87. The first-order chi connectivity index (χ1) is 8.16. The van der Waals surface area contributed by atoms with Crippen LogP contribution >= 0.6 is 0 Å². The summed E-state index contributed by atoms with van der Waals surface area (Å²) in [7, 11) is 0. The molecule has 2 unspecified atom stereocenters. The zero-order valence-corrected chi connectivity index (χ0v) is 9.23. The molecule has 5 heteroatoms. The van der Waals surface area contributed by atoms with Crippen LogP contribution in [0.15, 0.2) is 24.3 Å². The van der Waals surface area contributed by atoms with Gasteiger partial charge in [0.1, 0.15) is 5.82 Å². The highest BCUT2D eigenvalue weighted by Crippen LogP contribution is 2.21. The first kappa shape index (κ1) is 11.9. The van der Waals surface area contributed by atoms with Gasteiger partial charge in [-0.1, -0.05) is 12.1 Å². The lowest BCUT2D eigenvalue weighted by atomic mass is 10.2. The van der Waals surface area contributed by atoms with Gasteiger partial charge in [-0.25, -0.2) is 9.18 Å². The van der Waals surface area contributed by atoms with E-state index in [2.05, 4.69) is 5.32 Å². The number of benzene rings is 1. The second kappa shape index (κ2) is 5.14. The average Bonchev–Trinajstić information content (AvgIpc) is 2.77. The van der Waals surface area contributed by atoms with Gasteiger partial charge in [0.25, 0.3) is 0 Å². The van der Waals surface area contributed by atoms with Crippen molar-refractivity contribution < 1.29 is 19.0 Å². The SMILES string of the molecule is O=C(O)C1CCC(CNc2ccccc2F)O1. The Morgan fingerprint density at radius 3 is 2.88 bits per heavy atom.